The van der Waals surface area contributed by atoms with E-state index in [1.165, 1.54) is 16.8 Å². The summed E-state index contributed by atoms with van der Waals surface area (Å²) in [5.41, 5.74) is 0.0635. The van der Waals surface area contributed by atoms with E-state index < -0.39 is 10.8 Å². The number of rotatable bonds is 5. The molecule has 1 rings (SSSR count). The SMILES string of the molecule is CC(C)[C@@H](CO)NC(=O)c1cc([N+](=O)[O-])cn1C. The van der Waals surface area contributed by atoms with Crippen LogP contribution >= 0.6 is 0 Å². The number of carbonyl (C=O) groups excluding carboxylic acids is 1. The zero-order chi connectivity index (χ0) is 13.9. The maximum Gasteiger partial charge on any atom is 0.287 e. The van der Waals surface area contributed by atoms with Gasteiger partial charge in [0.2, 0.25) is 0 Å². The summed E-state index contributed by atoms with van der Waals surface area (Å²) in [4.78, 5) is 22.0. The molecule has 0 aliphatic rings. The lowest BCUT2D eigenvalue weighted by Gasteiger charge is -2.19. The summed E-state index contributed by atoms with van der Waals surface area (Å²) in [6.07, 6.45) is 1.28. The number of nitrogens with one attached hydrogen (secondary N) is 1. The molecular weight excluding hydrogens is 238 g/mol. The molecule has 2 N–H and O–H groups in total. The van der Waals surface area contributed by atoms with Gasteiger partial charge < -0.3 is 15.0 Å². The number of nitrogens with zero attached hydrogens (tertiary/aromatic N) is 2. The Morgan fingerprint density at radius 2 is 2.22 bits per heavy atom. The van der Waals surface area contributed by atoms with Gasteiger partial charge in [-0.3, -0.25) is 14.9 Å². The number of nitro groups is 1. The highest BCUT2D eigenvalue weighted by Crippen LogP contribution is 2.15. The molecule has 0 unspecified atom stereocenters. The van der Waals surface area contributed by atoms with Crippen LogP contribution in [0.15, 0.2) is 12.3 Å². The van der Waals surface area contributed by atoms with Crippen LogP contribution in [0.5, 0.6) is 0 Å². The average molecular weight is 255 g/mol. The lowest BCUT2D eigenvalue weighted by molar-refractivity contribution is -0.384. The lowest BCUT2D eigenvalue weighted by Crippen LogP contribution is -2.41. The standard InChI is InChI=1S/C11H17N3O4/c1-7(2)9(6-15)12-11(16)10-4-8(14(17)18)5-13(10)3/h4-5,7,9,15H,6H2,1-3H3,(H,12,16)/t9-/m1/s1. The van der Waals surface area contributed by atoms with Crippen LogP contribution in [-0.2, 0) is 7.05 Å². The maximum absolute atomic E-state index is 11.9. The summed E-state index contributed by atoms with van der Waals surface area (Å²) in [5.74, 6) is -0.354. The van der Waals surface area contributed by atoms with E-state index in [1.54, 1.807) is 7.05 Å². The number of hydrogen-bond donors (Lipinski definition) is 2. The van der Waals surface area contributed by atoms with Gasteiger partial charge in [-0.15, -0.1) is 0 Å². The van der Waals surface area contributed by atoms with E-state index in [0.29, 0.717) is 0 Å². The number of aromatic nitrogens is 1. The molecule has 0 aliphatic carbocycles. The van der Waals surface area contributed by atoms with Crippen LogP contribution in [-0.4, -0.2) is 33.2 Å². The van der Waals surface area contributed by atoms with E-state index >= 15 is 0 Å². The van der Waals surface area contributed by atoms with Crippen molar-refractivity contribution in [3.63, 3.8) is 0 Å². The molecule has 0 aliphatic heterocycles. The summed E-state index contributed by atoms with van der Waals surface area (Å²) in [6, 6.07) is 0.843. The predicted molar refractivity (Wildman–Crippen MR) is 65.2 cm³/mol. The van der Waals surface area contributed by atoms with Crippen molar-refractivity contribution in [3.05, 3.63) is 28.1 Å². The molecule has 7 heteroatoms. The normalized spacial score (nSPS) is 12.5. The Morgan fingerprint density at radius 1 is 1.61 bits per heavy atom. The second-order valence-electron chi connectivity index (χ2n) is 4.46. The molecule has 1 amide bonds. The second-order valence-corrected chi connectivity index (χ2v) is 4.46. The number of aryl methyl sites for hydroxylation is 1. The number of aliphatic hydroxyl groups is 1. The zero-order valence-electron chi connectivity index (χ0n) is 10.6. The lowest BCUT2D eigenvalue weighted by atomic mass is 10.1. The summed E-state index contributed by atoms with van der Waals surface area (Å²) in [6.45, 7) is 3.57. The highest BCUT2D eigenvalue weighted by molar-refractivity contribution is 5.93. The van der Waals surface area contributed by atoms with E-state index in [1.807, 2.05) is 13.8 Å². The van der Waals surface area contributed by atoms with Crippen LogP contribution in [0.4, 0.5) is 5.69 Å². The van der Waals surface area contributed by atoms with E-state index in [9.17, 15) is 14.9 Å². The van der Waals surface area contributed by atoms with Crippen molar-refractivity contribution in [2.24, 2.45) is 13.0 Å². The zero-order valence-corrected chi connectivity index (χ0v) is 10.6. The molecule has 0 bridgehead atoms. The largest absolute Gasteiger partial charge is 0.394 e. The molecule has 1 atom stereocenters. The van der Waals surface area contributed by atoms with Gasteiger partial charge in [-0.05, 0) is 5.92 Å². The molecule has 7 nitrogen and oxygen atoms in total. The van der Waals surface area contributed by atoms with E-state index in [-0.39, 0.29) is 29.9 Å². The smallest absolute Gasteiger partial charge is 0.287 e. The Hall–Kier alpha value is -1.89. The molecule has 0 radical (unpaired) electrons. The number of hydrogen-bond acceptors (Lipinski definition) is 4. The Kier molecular flexibility index (Phi) is 4.43. The molecule has 100 valence electrons. The fourth-order valence-corrected chi connectivity index (χ4v) is 1.54. The number of aliphatic hydroxyl groups excluding tert-OH is 1. The third-order valence-electron chi connectivity index (χ3n) is 2.75. The number of amides is 1. The van der Waals surface area contributed by atoms with Crippen LogP contribution in [0.2, 0.25) is 0 Å². The molecule has 1 aromatic heterocycles. The van der Waals surface area contributed by atoms with Crippen LogP contribution < -0.4 is 5.32 Å². The summed E-state index contributed by atoms with van der Waals surface area (Å²) in [5, 5.41) is 22.4. The molecule has 0 spiro atoms. The molecule has 18 heavy (non-hydrogen) atoms. The van der Waals surface area contributed by atoms with Crippen LogP contribution in [0.25, 0.3) is 0 Å². The van der Waals surface area contributed by atoms with Gasteiger partial charge in [0.25, 0.3) is 11.6 Å². The van der Waals surface area contributed by atoms with Gasteiger partial charge in [0.15, 0.2) is 0 Å². The molecule has 0 saturated heterocycles. The Balaban J connectivity index is 2.87. The van der Waals surface area contributed by atoms with E-state index in [4.69, 9.17) is 5.11 Å². The predicted octanol–water partition coefficient (Wildman–Crippen LogP) is 0.680. The van der Waals surface area contributed by atoms with Gasteiger partial charge in [0, 0.05) is 13.1 Å². The van der Waals surface area contributed by atoms with Crippen molar-refractivity contribution >= 4 is 11.6 Å². The quantitative estimate of drug-likeness (QED) is 0.597. The first-order valence-electron chi connectivity index (χ1n) is 5.59. The van der Waals surface area contributed by atoms with Gasteiger partial charge in [0.1, 0.15) is 5.69 Å². The first-order chi connectivity index (χ1) is 8.36. The summed E-state index contributed by atoms with van der Waals surface area (Å²) < 4.78 is 1.39. The first-order valence-corrected chi connectivity index (χ1v) is 5.59. The van der Waals surface area contributed by atoms with Crippen molar-refractivity contribution in [1.82, 2.24) is 9.88 Å². The molecule has 1 aromatic rings. The first kappa shape index (κ1) is 14.2. The van der Waals surface area contributed by atoms with Crippen molar-refractivity contribution in [1.29, 1.82) is 0 Å². The summed E-state index contributed by atoms with van der Waals surface area (Å²) in [7, 11) is 1.56. The highest BCUT2D eigenvalue weighted by Gasteiger charge is 2.21. The highest BCUT2D eigenvalue weighted by atomic mass is 16.6. The Bertz CT molecular complexity index is 453. The van der Waals surface area contributed by atoms with Gasteiger partial charge in [-0.2, -0.15) is 0 Å². The third-order valence-corrected chi connectivity index (χ3v) is 2.75. The Morgan fingerprint density at radius 3 is 2.61 bits per heavy atom. The van der Waals surface area contributed by atoms with E-state index in [0.717, 1.165) is 0 Å². The molecular formula is C11H17N3O4. The minimum atomic E-state index is -0.553. The van der Waals surface area contributed by atoms with Crippen LogP contribution in [0, 0.1) is 16.0 Å². The minimum absolute atomic E-state index is 0.0780. The van der Waals surface area contributed by atoms with Crippen molar-refractivity contribution in [2.75, 3.05) is 6.61 Å². The second kappa shape index (κ2) is 5.63. The van der Waals surface area contributed by atoms with Crippen LogP contribution in [0.1, 0.15) is 24.3 Å². The van der Waals surface area contributed by atoms with Crippen molar-refractivity contribution in [3.8, 4) is 0 Å². The molecule has 0 saturated carbocycles. The van der Waals surface area contributed by atoms with Crippen molar-refractivity contribution in [2.45, 2.75) is 19.9 Å². The van der Waals surface area contributed by atoms with E-state index in [2.05, 4.69) is 5.32 Å². The summed E-state index contributed by atoms with van der Waals surface area (Å²) >= 11 is 0. The molecule has 0 aromatic carbocycles. The van der Waals surface area contributed by atoms with Gasteiger partial charge in [-0.1, -0.05) is 13.8 Å². The molecule has 0 fully saturated rings. The molecule has 1 heterocycles. The maximum atomic E-state index is 11.9. The third kappa shape index (κ3) is 3.07. The van der Waals surface area contributed by atoms with Crippen LogP contribution in [0.3, 0.4) is 0 Å². The number of carbonyl (C=O) groups is 1. The topological polar surface area (TPSA) is 97.4 Å². The van der Waals surface area contributed by atoms with Gasteiger partial charge in [0.05, 0.1) is 23.8 Å². The van der Waals surface area contributed by atoms with Gasteiger partial charge >= 0.3 is 0 Å². The fourth-order valence-electron chi connectivity index (χ4n) is 1.54. The monoisotopic (exact) mass is 255 g/mol. The minimum Gasteiger partial charge on any atom is -0.394 e. The average Bonchev–Trinajstić information content (AvgIpc) is 2.67. The van der Waals surface area contributed by atoms with Gasteiger partial charge in [-0.25, -0.2) is 0 Å². The Labute approximate surface area is 105 Å². The van der Waals surface area contributed by atoms with Crippen molar-refractivity contribution < 1.29 is 14.8 Å². The fraction of sp³-hybridized carbons (Fsp3) is 0.545.